The van der Waals surface area contributed by atoms with Gasteiger partial charge in [0.2, 0.25) is 5.28 Å². The van der Waals surface area contributed by atoms with Crippen LogP contribution >= 0.6 is 11.6 Å². The molecule has 304 valence electrons. The number of benzene rings is 10. The van der Waals surface area contributed by atoms with E-state index in [0.717, 1.165) is 99.4 Å². The minimum atomic E-state index is 0.157. The van der Waals surface area contributed by atoms with E-state index in [1.54, 1.807) is 0 Å². The maximum atomic E-state index is 6.77. The van der Waals surface area contributed by atoms with Crippen molar-refractivity contribution in [1.82, 2.24) is 19.9 Å². The van der Waals surface area contributed by atoms with Gasteiger partial charge in [-0.2, -0.15) is 9.97 Å². The van der Waals surface area contributed by atoms with Crippen molar-refractivity contribution >= 4 is 76.9 Å². The highest BCUT2D eigenvalue weighted by Gasteiger charge is 2.18. The van der Waals surface area contributed by atoms with Crippen molar-refractivity contribution < 1.29 is 4.42 Å². The lowest BCUT2D eigenvalue weighted by molar-refractivity contribution is 0.670. The molecule has 6 heteroatoms. The number of nitrogens with zero attached hydrogens (tertiary/aromatic N) is 3. The Kier molecular flexibility index (Phi) is 8.51. The van der Waals surface area contributed by atoms with Crippen LogP contribution in [0.25, 0.3) is 133 Å². The average molecular weight is 851 g/mol. The Morgan fingerprint density at radius 1 is 0.369 bits per heavy atom. The minimum absolute atomic E-state index is 0.157. The number of hydrogen-bond acceptors (Lipinski definition) is 4. The SMILES string of the molecule is Clc1nc(-c2ccc(-c3ccccc3)cc2)nc(-c2ccc(-c3cccc(-c4ccc5c(ccc6oc7c(-c8cccc9c8[nH]c8cc%10ccccc%10cc89)cccc7c65)c4)c3)cc2)n1. The molecule has 65 heavy (non-hydrogen) atoms. The Balaban J connectivity index is 0.810. The Labute approximate surface area is 378 Å². The fourth-order valence-electron chi connectivity index (χ4n) is 9.60. The number of aromatic amines is 1. The van der Waals surface area contributed by atoms with Crippen molar-refractivity contribution in [2.24, 2.45) is 0 Å². The van der Waals surface area contributed by atoms with Crippen LogP contribution in [0.2, 0.25) is 5.28 Å². The first-order chi connectivity index (χ1) is 32.1. The number of para-hydroxylation sites is 2. The Hall–Kier alpha value is -8.38. The van der Waals surface area contributed by atoms with E-state index in [9.17, 15) is 0 Å². The molecule has 0 saturated heterocycles. The van der Waals surface area contributed by atoms with E-state index in [1.807, 2.05) is 42.5 Å². The number of rotatable bonds is 6. The summed E-state index contributed by atoms with van der Waals surface area (Å²) < 4.78 is 6.77. The van der Waals surface area contributed by atoms with Gasteiger partial charge >= 0.3 is 0 Å². The summed E-state index contributed by atoms with van der Waals surface area (Å²) in [4.78, 5) is 17.5. The lowest BCUT2D eigenvalue weighted by atomic mass is 9.95. The molecule has 0 unspecified atom stereocenters. The van der Waals surface area contributed by atoms with Crippen LogP contribution in [-0.2, 0) is 0 Å². The highest BCUT2D eigenvalue weighted by molar-refractivity contribution is 6.28. The highest BCUT2D eigenvalue weighted by atomic mass is 35.5. The fraction of sp³-hybridized carbons (Fsp3) is 0. The van der Waals surface area contributed by atoms with Crippen LogP contribution in [0.15, 0.2) is 211 Å². The van der Waals surface area contributed by atoms with Gasteiger partial charge in [-0.1, -0.05) is 176 Å². The summed E-state index contributed by atoms with van der Waals surface area (Å²) in [5.41, 5.74) is 14.7. The second-order valence-electron chi connectivity index (χ2n) is 16.6. The second kappa shape index (κ2) is 14.9. The number of nitrogens with one attached hydrogen (secondary N) is 1. The quantitative estimate of drug-likeness (QED) is 0.181. The van der Waals surface area contributed by atoms with Crippen LogP contribution in [0.3, 0.4) is 0 Å². The van der Waals surface area contributed by atoms with Crippen molar-refractivity contribution in [3.63, 3.8) is 0 Å². The number of hydrogen-bond donors (Lipinski definition) is 1. The monoisotopic (exact) mass is 850 g/mol. The van der Waals surface area contributed by atoms with Gasteiger partial charge in [-0.3, -0.25) is 0 Å². The van der Waals surface area contributed by atoms with Crippen LogP contribution in [0.5, 0.6) is 0 Å². The van der Waals surface area contributed by atoms with E-state index in [-0.39, 0.29) is 5.28 Å². The molecule has 0 aliphatic heterocycles. The summed E-state index contributed by atoms with van der Waals surface area (Å²) in [6.07, 6.45) is 0. The van der Waals surface area contributed by atoms with E-state index in [4.69, 9.17) is 21.0 Å². The zero-order chi connectivity index (χ0) is 43.0. The van der Waals surface area contributed by atoms with Gasteiger partial charge in [0, 0.05) is 49.3 Å². The summed E-state index contributed by atoms with van der Waals surface area (Å²) in [6, 6.07) is 72.6. The molecule has 0 bridgehead atoms. The minimum Gasteiger partial charge on any atom is -0.455 e. The van der Waals surface area contributed by atoms with Gasteiger partial charge in [-0.25, -0.2) is 4.98 Å². The molecule has 0 aliphatic rings. The molecule has 0 aliphatic carbocycles. The van der Waals surface area contributed by atoms with Crippen molar-refractivity contribution in [2.75, 3.05) is 0 Å². The van der Waals surface area contributed by atoms with E-state index >= 15 is 0 Å². The molecular weight excluding hydrogens is 816 g/mol. The van der Waals surface area contributed by atoms with E-state index < -0.39 is 0 Å². The zero-order valence-corrected chi connectivity index (χ0v) is 35.5. The molecule has 0 spiro atoms. The maximum Gasteiger partial charge on any atom is 0.226 e. The highest BCUT2D eigenvalue weighted by Crippen LogP contribution is 2.43. The summed E-state index contributed by atoms with van der Waals surface area (Å²) in [6.45, 7) is 0. The summed E-state index contributed by atoms with van der Waals surface area (Å²) in [5, 5.41) is 9.60. The first-order valence-corrected chi connectivity index (χ1v) is 22.1. The molecule has 13 aromatic rings. The van der Waals surface area contributed by atoms with Crippen molar-refractivity contribution in [1.29, 1.82) is 0 Å². The lowest BCUT2D eigenvalue weighted by Crippen LogP contribution is -1.97. The van der Waals surface area contributed by atoms with Crippen LogP contribution in [-0.4, -0.2) is 19.9 Å². The van der Waals surface area contributed by atoms with Gasteiger partial charge in [0.05, 0.1) is 5.52 Å². The molecule has 13 rings (SSSR count). The standard InChI is InChI=1S/C59H35ClN4O/c60-59-63-57(38-23-19-36(20-24-38)35-9-2-1-3-10-35)62-58(64-59)39-25-21-37(22-26-39)40-13-6-14-41(31-40)44-27-29-46-45(32-44)28-30-53-54(46)50-18-8-17-49(56(50)65-53)47-15-7-16-48-51-33-42-11-4-5-12-43(42)34-52(51)61-55(47)48/h1-34,61H. The molecule has 0 atom stereocenters. The third-order valence-electron chi connectivity index (χ3n) is 12.8. The molecule has 3 aromatic heterocycles. The molecule has 10 aromatic carbocycles. The van der Waals surface area contributed by atoms with Gasteiger partial charge in [0.15, 0.2) is 11.6 Å². The maximum absolute atomic E-state index is 6.77. The van der Waals surface area contributed by atoms with Gasteiger partial charge in [0.1, 0.15) is 11.2 Å². The predicted molar refractivity (Wildman–Crippen MR) is 269 cm³/mol. The second-order valence-corrected chi connectivity index (χ2v) is 16.9. The third kappa shape index (κ3) is 6.36. The molecular formula is C59H35ClN4O. The molecule has 0 fully saturated rings. The van der Waals surface area contributed by atoms with Gasteiger partial charge in [-0.15, -0.1) is 0 Å². The number of aromatic nitrogens is 4. The fourth-order valence-corrected chi connectivity index (χ4v) is 9.76. The van der Waals surface area contributed by atoms with Gasteiger partial charge in [0.25, 0.3) is 0 Å². The van der Waals surface area contributed by atoms with Crippen molar-refractivity contribution in [2.45, 2.75) is 0 Å². The van der Waals surface area contributed by atoms with Gasteiger partial charge in [-0.05, 0) is 96.9 Å². The number of fused-ring (bicyclic) bond motifs is 9. The number of halogens is 1. The summed E-state index contributed by atoms with van der Waals surface area (Å²) in [7, 11) is 0. The Morgan fingerprint density at radius 3 is 1.69 bits per heavy atom. The van der Waals surface area contributed by atoms with Crippen molar-refractivity contribution in [3.8, 4) is 67.3 Å². The van der Waals surface area contributed by atoms with E-state index in [1.165, 1.54) is 21.5 Å². The summed E-state index contributed by atoms with van der Waals surface area (Å²) in [5.74, 6) is 1.06. The number of furan rings is 1. The van der Waals surface area contributed by atoms with E-state index in [2.05, 4.69) is 179 Å². The molecule has 0 amide bonds. The van der Waals surface area contributed by atoms with Crippen molar-refractivity contribution in [3.05, 3.63) is 212 Å². The van der Waals surface area contributed by atoms with Gasteiger partial charge < -0.3 is 9.40 Å². The van der Waals surface area contributed by atoms with Crippen LogP contribution in [0, 0.1) is 0 Å². The van der Waals surface area contributed by atoms with Crippen LogP contribution in [0.4, 0.5) is 0 Å². The normalized spacial score (nSPS) is 11.8. The molecule has 0 saturated carbocycles. The van der Waals surface area contributed by atoms with Crippen LogP contribution in [0.1, 0.15) is 0 Å². The van der Waals surface area contributed by atoms with Crippen LogP contribution < -0.4 is 0 Å². The Bertz CT molecular complexity index is 4000. The number of H-pyrrole nitrogens is 1. The first-order valence-electron chi connectivity index (χ1n) is 21.7. The molecule has 1 N–H and O–H groups in total. The Morgan fingerprint density at radius 2 is 0.938 bits per heavy atom. The topological polar surface area (TPSA) is 67.6 Å². The largest absolute Gasteiger partial charge is 0.455 e. The zero-order valence-electron chi connectivity index (χ0n) is 34.8. The summed E-state index contributed by atoms with van der Waals surface area (Å²) >= 11 is 6.47. The molecule has 3 heterocycles. The smallest absolute Gasteiger partial charge is 0.226 e. The predicted octanol–water partition coefficient (Wildman–Crippen LogP) is 16.4. The van der Waals surface area contributed by atoms with E-state index in [0.29, 0.717) is 11.6 Å². The molecule has 5 nitrogen and oxygen atoms in total. The lowest BCUT2D eigenvalue weighted by Gasteiger charge is -2.09. The third-order valence-corrected chi connectivity index (χ3v) is 13.0. The molecule has 0 radical (unpaired) electrons. The first kappa shape index (κ1) is 37.2. The average Bonchev–Trinajstić information content (AvgIpc) is 3.94.